The summed E-state index contributed by atoms with van der Waals surface area (Å²) >= 11 is 0. The van der Waals surface area contributed by atoms with Gasteiger partial charge in [0.2, 0.25) is 0 Å². The van der Waals surface area contributed by atoms with Crippen molar-refractivity contribution in [1.29, 1.82) is 0 Å². The minimum absolute atomic E-state index is 0.0391. The SMILES string of the molecule is OC1CCC(NC2CCOCC2)CC1. The van der Waals surface area contributed by atoms with Crippen molar-refractivity contribution < 1.29 is 9.84 Å². The highest BCUT2D eigenvalue weighted by molar-refractivity contribution is 4.81. The van der Waals surface area contributed by atoms with E-state index in [0.29, 0.717) is 12.1 Å². The second kappa shape index (κ2) is 5.10. The van der Waals surface area contributed by atoms with Crippen molar-refractivity contribution in [2.75, 3.05) is 13.2 Å². The summed E-state index contributed by atoms with van der Waals surface area (Å²) in [4.78, 5) is 0. The minimum atomic E-state index is -0.0391. The van der Waals surface area contributed by atoms with Gasteiger partial charge in [0.25, 0.3) is 0 Å². The summed E-state index contributed by atoms with van der Waals surface area (Å²) in [6.45, 7) is 1.82. The molecule has 2 fully saturated rings. The third-order valence-electron chi connectivity index (χ3n) is 3.39. The molecule has 0 aromatic heterocycles. The molecule has 2 aliphatic rings. The van der Waals surface area contributed by atoms with Crippen molar-refractivity contribution in [3.05, 3.63) is 0 Å². The second-order valence-corrected chi connectivity index (χ2v) is 4.56. The zero-order valence-corrected chi connectivity index (χ0v) is 8.74. The fourth-order valence-electron chi connectivity index (χ4n) is 2.44. The highest BCUT2D eigenvalue weighted by Crippen LogP contribution is 2.20. The van der Waals surface area contributed by atoms with Gasteiger partial charge in [-0.3, -0.25) is 0 Å². The summed E-state index contributed by atoms with van der Waals surface area (Å²) in [6, 6.07) is 1.30. The van der Waals surface area contributed by atoms with E-state index in [1.165, 1.54) is 0 Å². The lowest BCUT2D eigenvalue weighted by Crippen LogP contribution is -2.43. The Kier molecular flexibility index (Phi) is 3.79. The van der Waals surface area contributed by atoms with E-state index >= 15 is 0 Å². The van der Waals surface area contributed by atoms with Gasteiger partial charge in [0.1, 0.15) is 0 Å². The zero-order chi connectivity index (χ0) is 9.80. The van der Waals surface area contributed by atoms with Gasteiger partial charge < -0.3 is 15.2 Å². The van der Waals surface area contributed by atoms with Crippen molar-refractivity contribution in [2.24, 2.45) is 0 Å². The maximum atomic E-state index is 9.39. The molecule has 2 N–H and O–H groups in total. The van der Waals surface area contributed by atoms with Crippen LogP contribution in [0.1, 0.15) is 38.5 Å². The first-order valence-corrected chi connectivity index (χ1v) is 5.86. The summed E-state index contributed by atoms with van der Waals surface area (Å²) in [5, 5.41) is 13.1. The van der Waals surface area contributed by atoms with Crippen molar-refractivity contribution in [3.63, 3.8) is 0 Å². The third kappa shape index (κ3) is 2.94. The molecule has 14 heavy (non-hydrogen) atoms. The summed E-state index contributed by atoms with van der Waals surface area (Å²) in [5.41, 5.74) is 0. The van der Waals surface area contributed by atoms with Crippen LogP contribution in [0, 0.1) is 0 Å². The van der Waals surface area contributed by atoms with Gasteiger partial charge in [-0.25, -0.2) is 0 Å². The molecule has 3 nitrogen and oxygen atoms in total. The van der Waals surface area contributed by atoms with E-state index in [0.717, 1.165) is 51.7 Å². The monoisotopic (exact) mass is 199 g/mol. The molecule has 0 bridgehead atoms. The molecule has 0 spiro atoms. The van der Waals surface area contributed by atoms with Crippen molar-refractivity contribution in [1.82, 2.24) is 5.32 Å². The maximum absolute atomic E-state index is 9.39. The Hall–Kier alpha value is -0.120. The summed E-state index contributed by atoms with van der Waals surface area (Å²) in [7, 11) is 0. The number of ether oxygens (including phenoxy) is 1. The third-order valence-corrected chi connectivity index (χ3v) is 3.39. The molecular formula is C11H21NO2. The average molecular weight is 199 g/mol. The fraction of sp³-hybridized carbons (Fsp3) is 1.00. The highest BCUT2D eigenvalue weighted by atomic mass is 16.5. The van der Waals surface area contributed by atoms with Crippen molar-refractivity contribution in [3.8, 4) is 0 Å². The number of aliphatic hydroxyl groups excluding tert-OH is 1. The predicted octanol–water partition coefficient (Wildman–Crippen LogP) is 1.06. The van der Waals surface area contributed by atoms with Gasteiger partial charge >= 0.3 is 0 Å². The van der Waals surface area contributed by atoms with Crippen LogP contribution in [0.2, 0.25) is 0 Å². The van der Waals surface area contributed by atoms with Crippen LogP contribution in [0.15, 0.2) is 0 Å². The number of aliphatic hydroxyl groups is 1. The van der Waals surface area contributed by atoms with E-state index < -0.39 is 0 Å². The Morgan fingerprint density at radius 3 is 2.07 bits per heavy atom. The number of hydrogen-bond acceptors (Lipinski definition) is 3. The standard InChI is InChI=1S/C11H21NO2/c13-11-3-1-9(2-4-11)12-10-5-7-14-8-6-10/h9-13H,1-8H2. The lowest BCUT2D eigenvalue weighted by Gasteiger charge is -2.32. The Morgan fingerprint density at radius 2 is 1.43 bits per heavy atom. The van der Waals surface area contributed by atoms with E-state index in [1.54, 1.807) is 0 Å². The van der Waals surface area contributed by atoms with Gasteiger partial charge in [-0.15, -0.1) is 0 Å². The van der Waals surface area contributed by atoms with Crippen LogP contribution in [0.25, 0.3) is 0 Å². The predicted molar refractivity (Wildman–Crippen MR) is 55.2 cm³/mol. The molecule has 1 heterocycles. The average Bonchev–Trinajstić information content (AvgIpc) is 2.23. The Labute approximate surface area is 85.8 Å². The lowest BCUT2D eigenvalue weighted by molar-refractivity contribution is 0.0666. The summed E-state index contributed by atoms with van der Waals surface area (Å²) < 4.78 is 5.33. The van der Waals surface area contributed by atoms with Crippen molar-refractivity contribution >= 4 is 0 Å². The molecular weight excluding hydrogens is 178 g/mol. The van der Waals surface area contributed by atoms with Gasteiger partial charge in [0, 0.05) is 25.3 Å². The Morgan fingerprint density at radius 1 is 0.857 bits per heavy atom. The van der Waals surface area contributed by atoms with Crippen LogP contribution in [0.4, 0.5) is 0 Å². The Bertz CT molecular complexity index is 161. The van der Waals surface area contributed by atoms with Gasteiger partial charge in [-0.2, -0.15) is 0 Å². The van der Waals surface area contributed by atoms with E-state index in [2.05, 4.69) is 5.32 Å². The number of rotatable bonds is 2. The van der Waals surface area contributed by atoms with E-state index in [1.807, 2.05) is 0 Å². The van der Waals surface area contributed by atoms with Gasteiger partial charge in [-0.05, 0) is 38.5 Å². The van der Waals surface area contributed by atoms with E-state index in [9.17, 15) is 5.11 Å². The number of hydrogen-bond donors (Lipinski definition) is 2. The van der Waals surface area contributed by atoms with E-state index in [4.69, 9.17) is 4.74 Å². The molecule has 0 unspecified atom stereocenters. The fourth-order valence-corrected chi connectivity index (χ4v) is 2.44. The molecule has 1 saturated carbocycles. The molecule has 3 heteroatoms. The Balaban J connectivity index is 1.68. The first-order valence-electron chi connectivity index (χ1n) is 5.86. The largest absolute Gasteiger partial charge is 0.393 e. The molecule has 1 saturated heterocycles. The highest BCUT2D eigenvalue weighted by Gasteiger charge is 2.22. The maximum Gasteiger partial charge on any atom is 0.0541 e. The lowest BCUT2D eigenvalue weighted by atomic mass is 9.92. The first-order chi connectivity index (χ1) is 6.84. The van der Waals surface area contributed by atoms with Crippen LogP contribution in [-0.2, 0) is 4.74 Å². The van der Waals surface area contributed by atoms with Gasteiger partial charge in [0.05, 0.1) is 6.10 Å². The van der Waals surface area contributed by atoms with Crippen molar-refractivity contribution in [2.45, 2.75) is 56.7 Å². The molecule has 0 amide bonds. The topological polar surface area (TPSA) is 41.5 Å². The van der Waals surface area contributed by atoms with Crippen LogP contribution in [0.3, 0.4) is 0 Å². The molecule has 0 radical (unpaired) electrons. The zero-order valence-electron chi connectivity index (χ0n) is 8.74. The summed E-state index contributed by atoms with van der Waals surface area (Å²) in [5.74, 6) is 0. The molecule has 0 aromatic rings. The first kappa shape index (κ1) is 10.4. The molecule has 82 valence electrons. The van der Waals surface area contributed by atoms with Crippen LogP contribution in [0.5, 0.6) is 0 Å². The second-order valence-electron chi connectivity index (χ2n) is 4.56. The minimum Gasteiger partial charge on any atom is -0.393 e. The van der Waals surface area contributed by atoms with E-state index in [-0.39, 0.29) is 6.10 Å². The summed E-state index contributed by atoms with van der Waals surface area (Å²) in [6.07, 6.45) is 6.49. The molecule has 0 atom stereocenters. The molecule has 0 aromatic carbocycles. The quantitative estimate of drug-likeness (QED) is 0.698. The van der Waals surface area contributed by atoms with Crippen LogP contribution < -0.4 is 5.32 Å². The molecule has 1 aliphatic carbocycles. The smallest absolute Gasteiger partial charge is 0.0541 e. The van der Waals surface area contributed by atoms with Gasteiger partial charge in [-0.1, -0.05) is 0 Å². The van der Waals surface area contributed by atoms with Crippen LogP contribution in [-0.4, -0.2) is 36.5 Å². The number of nitrogens with one attached hydrogen (secondary N) is 1. The van der Waals surface area contributed by atoms with Crippen LogP contribution >= 0.6 is 0 Å². The molecule has 1 aliphatic heterocycles. The normalized spacial score (nSPS) is 35.8. The molecule has 2 rings (SSSR count). The van der Waals surface area contributed by atoms with Gasteiger partial charge in [0.15, 0.2) is 0 Å².